The van der Waals surface area contributed by atoms with Gasteiger partial charge in [-0.05, 0) is 49.6 Å². The summed E-state index contributed by atoms with van der Waals surface area (Å²) in [4.78, 5) is 0. The summed E-state index contributed by atoms with van der Waals surface area (Å²) >= 11 is 0. The lowest BCUT2D eigenvalue weighted by Crippen LogP contribution is -2.44. The quantitative estimate of drug-likeness (QED) is 0.852. The average molecular weight is 261 g/mol. The van der Waals surface area contributed by atoms with E-state index in [1.54, 1.807) is 0 Å². The molecule has 0 aliphatic heterocycles. The summed E-state index contributed by atoms with van der Waals surface area (Å²) in [6.07, 6.45) is 4.03. The smallest absolute Gasteiger partial charge is 0.0772 e. The van der Waals surface area contributed by atoms with E-state index in [1.165, 1.54) is 5.56 Å². The summed E-state index contributed by atoms with van der Waals surface area (Å²) < 4.78 is 0. The molecule has 1 aliphatic rings. The summed E-state index contributed by atoms with van der Waals surface area (Å²) in [6, 6.07) is 10.7. The zero-order valence-corrected chi connectivity index (χ0v) is 12.2. The van der Waals surface area contributed by atoms with Crippen molar-refractivity contribution in [3.05, 3.63) is 35.9 Å². The normalized spacial score (nSPS) is 27.7. The predicted octanol–water partition coefficient (Wildman–Crippen LogP) is 3.32. The second-order valence-electron chi connectivity index (χ2n) is 6.43. The first-order valence-corrected chi connectivity index (χ1v) is 7.57. The van der Waals surface area contributed by atoms with Crippen LogP contribution in [0.4, 0.5) is 0 Å². The molecule has 0 atom stereocenters. The van der Waals surface area contributed by atoms with Gasteiger partial charge in [0.1, 0.15) is 0 Å². The molecule has 0 heterocycles. The molecule has 19 heavy (non-hydrogen) atoms. The van der Waals surface area contributed by atoms with E-state index in [9.17, 15) is 5.11 Å². The highest BCUT2D eigenvalue weighted by molar-refractivity contribution is 5.20. The topological polar surface area (TPSA) is 32.3 Å². The first-order valence-electron chi connectivity index (χ1n) is 7.57. The molecule has 1 aromatic carbocycles. The highest BCUT2D eigenvalue weighted by atomic mass is 16.3. The van der Waals surface area contributed by atoms with Gasteiger partial charge in [-0.1, -0.05) is 44.2 Å². The Kier molecular flexibility index (Phi) is 5.00. The molecule has 106 valence electrons. The zero-order valence-electron chi connectivity index (χ0n) is 12.2. The van der Waals surface area contributed by atoms with E-state index in [-0.39, 0.29) is 0 Å². The maximum atomic E-state index is 10.6. The van der Waals surface area contributed by atoms with Crippen LogP contribution in [-0.2, 0) is 0 Å². The number of nitrogens with one attached hydrogen (secondary N) is 1. The fraction of sp³-hybridized carbons (Fsp3) is 0.647. The molecule has 0 spiro atoms. The van der Waals surface area contributed by atoms with Crippen LogP contribution in [0.1, 0.15) is 51.0 Å². The number of hydrogen-bond acceptors (Lipinski definition) is 2. The number of benzene rings is 1. The van der Waals surface area contributed by atoms with Gasteiger partial charge < -0.3 is 10.4 Å². The van der Waals surface area contributed by atoms with Crippen LogP contribution in [0.25, 0.3) is 0 Å². The molecule has 2 nitrogen and oxygen atoms in total. The van der Waals surface area contributed by atoms with Gasteiger partial charge >= 0.3 is 0 Å². The monoisotopic (exact) mass is 261 g/mol. The molecule has 0 amide bonds. The van der Waals surface area contributed by atoms with Gasteiger partial charge in [-0.3, -0.25) is 0 Å². The molecule has 0 aromatic heterocycles. The molecular formula is C17H27NO. The van der Waals surface area contributed by atoms with Crippen molar-refractivity contribution in [2.45, 2.75) is 51.0 Å². The molecule has 1 aliphatic carbocycles. The summed E-state index contributed by atoms with van der Waals surface area (Å²) in [5.74, 6) is 1.27. The van der Waals surface area contributed by atoms with Gasteiger partial charge in [0.15, 0.2) is 0 Å². The minimum Gasteiger partial charge on any atom is -0.389 e. The molecule has 2 rings (SSSR count). The predicted molar refractivity (Wildman–Crippen MR) is 80.3 cm³/mol. The van der Waals surface area contributed by atoms with Crippen LogP contribution in [-0.4, -0.2) is 23.8 Å². The number of hydrogen-bond donors (Lipinski definition) is 2. The third-order valence-corrected chi connectivity index (χ3v) is 4.19. The van der Waals surface area contributed by atoms with E-state index in [1.807, 2.05) is 0 Å². The first-order chi connectivity index (χ1) is 9.09. The Balaban J connectivity index is 1.81. The van der Waals surface area contributed by atoms with E-state index < -0.39 is 5.60 Å². The van der Waals surface area contributed by atoms with Crippen LogP contribution in [0, 0.1) is 5.92 Å². The number of rotatable bonds is 5. The van der Waals surface area contributed by atoms with Gasteiger partial charge in [-0.2, -0.15) is 0 Å². The van der Waals surface area contributed by atoms with E-state index in [4.69, 9.17) is 0 Å². The highest BCUT2D eigenvalue weighted by Crippen LogP contribution is 2.37. The van der Waals surface area contributed by atoms with Gasteiger partial charge in [-0.15, -0.1) is 0 Å². The molecule has 0 saturated heterocycles. The fourth-order valence-electron chi connectivity index (χ4n) is 2.98. The lowest BCUT2D eigenvalue weighted by atomic mass is 9.76. The van der Waals surface area contributed by atoms with E-state index in [0.29, 0.717) is 11.8 Å². The molecule has 2 heteroatoms. The zero-order chi connectivity index (χ0) is 13.7. The lowest BCUT2D eigenvalue weighted by Gasteiger charge is -2.36. The van der Waals surface area contributed by atoms with E-state index in [0.717, 1.165) is 38.8 Å². The van der Waals surface area contributed by atoms with Crippen LogP contribution in [0.2, 0.25) is 0 Å². The van der Waals surface area contributed by atoms with Crippen LogP contribution in [0.3, 0.4) is 0 Å². The van der Waals surface area contributed by atoms with Crippen molar-refractivity contribution in [1.82, 2.24) is 5.32 Å². The van der Waals surface area contributed by atoms with Gasteiger partial charge in [0.25, 0.3) is 0 Å². The summed E-state index contributed by atoms with van der Waals surface area (Å²) in [5, 5.41) is 14.0. The van der Waals surface area contributed by atoms with Gasteiger partial charge in [0, 0.05) is 6.54 Å². The van der Waals surface area contributed by atoms with Crippen molar-refractivity contribution in [2.24, 2.45) is 5.92 Å². The largest absolute Gasteiger partial charge is 0.389 e. The third-order valence-electron chi connectivity index (χ3n) is 4.19. The second-order valence-corrected chi connectivity index (χ2v) is 6.43. The third kappa shape index (κ3) is 4.32. The van der Waals surface area contributed by atoms with Crippen LogP contribution >= 0.6 is 0 Å². The minimum atomic E-state index is -0.486. The molecular weight excluding hydrogens is 234 g/mol. The summed E-state index contributed by atoms with van der Waals surface area (Å²) in [6.45, 7) is 6.13. The Morgan fingerprint density at radius 3 is 2.42 bits per heavy atom. The van der Waals surface area contributed by atoms with Crippen molar-refractivity contribution in [1.29, 1.82) is 0 Å². The maximum Gasteiger partial charge on any atom is 0.0772 e. The lowest BCUT2D eigenvalue weighted by molar-refractivity contribution is -0.000273. The molecule has 0 radical (unpaired) electrons. The van der Waals surface area contributed by atoms with Gasteiger partial charge in [0.05, 0.1) is 5.60 Å². The Labute approximate surface area is 117 Å². The van der Waals surface area contributed by atoms with Crippen LogP contribution in [0.5, 0.6) is 0 Å². The van der Waals surface area contributed by atoms with Crippen molar-refractivity contribution in [2.75, 3.05) is 13.1 Å². The maximum absolute atomic E-state index is 10.6. The molecule has 1 fully saturated rings. The second kappa shape index (κ2) is 6.53. The van der Waals surface area contributed by atoms with Gasteiger partial charge in [0.2, 0.25) is 0 Å². The average Bonchev–Trinajstić information content (AvgIpc) is 2.40. The highest BCUT2D eigenvalue weighted by Gasteiger charge is 2.33. The van der Waals surface area contributed by atoms with Crippen molar-refractivity contribution in [3.63, 3.8) is 0 Å². The van der Waals surface area contributed by atoms with Gasteiger partial charge in [-0.25, -0.2) is 0 Å². The Morgan fingerprint density at radius 2 is 1.84 bits per heavy atom. The Hall–Kier alpha value is -0.860. The fourth-order valence-corrected chi connectivity index (χ4v) is 2.98. The minimum absolute atomic E-state index is 0.486. The SMILES string of the molecule is CC(C)CNCC1(O)CCC(c2ccccc2)CC1. The first kappa shape index (κ1) is 14.5. The standard InChI is InChI=1S/C17H27NO/c1-14(2)12-18-13-17(19)10-8-16(9-11-17)15-6-4-3-5-7-15/h3-7,14,16,18-19H,8-13H2,1-2H3. The summed E-state index contributed by atoms with van der Waals surface area (Å²) in [5.41, 5.74) is 0.944. The number of aliphatic hydroxyl groups is 1. The van der Waals surface area contributed by atoms with Crippen molar-refractivity contribution < 1.29 is 5.11 Å². The van der Waals surface area contributed by atoms with E-state index >= 15 is 0 Å². The van der Waals surface area contributed by atoms with Crippen LogP contribution < -0.4 is 5.32 Å². The Morgan fingerprint density at radius 1 is 1.21 bits per heavy atom. The Bertz CT molecular complexity index is 366. The molecule has 1 aromatic rings. The molecule has 1 saturated carbocycles. The molecule has 0 bridgehead atoms. The molecule has 2 N–H and O–H groups in total. The summed E-state index contributed by atoms with van der Waals surface area (Å²) in [7, 11) is 0. The van der Waals surface area contributed by atoms with E-state index in [2.05, 4.69) is 49.5 Å². The van der Waals surface area contributed by atoms with Crippen LogP contribution in [0.15, 0.2) is 30.3 Å². The van der Waals surface area contributed by atoms with Crippen molar-refractivity contribution >= 4 is 0 Å². The molecule has 0 unspecified atom stereocenters. The van der Waals surface area contributed by atoms with Crippen molar-refractivity contribution in [3.8, 4) is 0 Å².